The van der Waals surface area contributed by atoms with E-state index in [0.29, 0.717) is 12.5 Å². The summed E-state index contributed by atoms with van der Waals surface area (Å²) in [6.07, 6.45) is 3.33. The molecule has 0 bridgehead atoms. The smallest absolute Gasteiger partial charge is 0.166 e. The average molecular weight is 261 g/mol. The summed E-state index contributed by atoms with van der Waals surface area (Å²) in [6, 6.07) is 7.48. The summed E-state index contributed by atoms with van der Waals surface area (Å²) in [4.78, 5) is 12.5. The molecule has 1 aliphatic rings. The molecule has 0 radical (unpaired) electrons. The molecule has 0 saturated heterocycles. The van der Waals surface area contributed by atoms with Crippen LogP contribution < -0.4 is 10.5 Å². The molecular weight excluding hydrogens is 238 g/mol. The van der Waals surface area contributed by atoms with Crippen molar-refractivity contribution in [3.8, 4) is 5.75 Å². The third-order valence-corrected chi connectivity index (χ3v) is 3.81. The Labute approximate surface area is 115 Å². The third kappa shape index (κ3) is 3.35. The van der Waals surface area contributed by atoms with Gasteiger partial charge in [-0.3, -0.25) is 4.79 Å². The van der Waals surface area contributed by atoms with Gasteiger partial charge in [0.25, 0.3) is 0 Å². The minimum Gasteiger partial charge on any atom is -0.491 e. The Hall–Kier alpha value is -1.35. The van der Waals surface area contributed by atoms with Gasteiger partial charge < -0.3 is 10.5 Å². The van der Waals surface area contributed by atoms with Crippen LogP contribution in [0.25, 0.3) is 0 Å². The number of carbonyl (C=O) groups excluding carboxylic acids is 1. The van der Waals surface area contributed by atoms with Crippen molar-refractivity contribution in [1.82, 2.24) is 0 Å². The highest BCUT2D eigenvalue weighted by molar-refractivity contribution is 5.98. The first kappa shape index (κ1) is 14.1. The quantitative estimate of drug-likeness (QED) is 0.829. The van der Waals surface area contributed by atoms with Crippen molar-refractivity contribution in [3.63, 3.8) is 0 Å². The summed E-state index contributed by atoms with van der Waals surface area (Å²) >= 11 is 0. The lowest BCUT2D eigenvalue weighted by Gasteiger charge is -2.17. The number of rotatable bonds is 5. The number of carbonyl (C=O) groups is 1. The van der Waals surface area contributed by atoms with Crippen molar-refractivity contribution < 1.29 is 9.53 Å². The van der Waals surface area contributed by atoms with Gasteiger partial charge in [-0.15, -0.1) is 0 Å². The monoisotopic (exact) mass is 261 g/mol. The number of nitrogens with two attached hydrogens (primary N) is 1. The predicted octanol–water partition coefficient (Wildman–Crippen LogP) is 3.03. The first-order valence-electron chi connectivity index (χ1n) is 7.13. The number of hydrogen-bond acceptors (Lipinski definition) is 3. The summed E-state index contributed by atoms with van der Waals surface area (Å²) in [5, 5.41) is 0. The van der Waals surface area contributed by atoms with E-state index >= 15 is 0 Å². The Morgan fingerprint density at radius 3 is 2.58 bits per heavy atom. The van der Waals surface area contributed by atoms with Crippen LogP contribution in [-0.2, 0) is 0 Å². The Bertz CT molecular complexity index is 425. The van der Waals surface area contributed by atoms with Crippen LogP contribution in [0.5, 0.6) is 5.75 Å². The van der Waals surface area contributed by atoms with Gasteiger partial charge >= 0.3 is 0 Å². The highest BCUT2D eigenvalue weighted by Crippen LogP contribution is 2.33. The molecule has 1 saturated carbocycles. The van der Waals surface area contributed by atoms with Gasteiger partial charge in [0.15, 0.2) is 5.78 Å². The second-order valence-electron chi connectivity index (χ2n) is 5.59. The Morgan fingerprint density at radius 2 is 2.00 bits per heavy atom. The largest absolute Gasteiger partial charge is 0.491 e. The SMILES string of the molecule is CC(C)Oc1ccc(C(=O)C2CCCC2CN)cc1. The lowest BCUT2D eigenvalue weighted by atomic mass is 9.88. The van der Waals surface area contributed by atoms with E-state index in [2.05, 4.69) is 0 Å². The number of Topliss-reactive ketones (excluding diaryl/α,β-unsaturated/α-hetero) is 1. The summed E-state index contributed by atoms with van der Waals surface area (Å²) in [6.45, 7) is 4.60. The summed E-state index contributed by atoms with van der Waals surface area (Å²) in [7, 11) is 0. The van der Waals surface area contributed by atoms with Gasteiger partial charge in [-0.25, -0.2) is 0 Å². The van der Waals surface area contributed by atoms with Crippen LogP contribution in [0.4, 0.5) is 0 Å². The van der Waals surface area contributed by atoms with Crippen LogP contribution in [0.1, 0.15) is 43.5 Å². The molecule has 2 N–H and O–H groups in total. The molecule has 2 rings (SSSR count). The zero-order chi connectivity index (χ0) is 13.8. The second-order valence-corrected chi connectivity index (χ2v) is 5.59. The Kier molecular flexibility index (Phi) is 4.59. The van der Waals surface area contributed by atoms with E-state index in [1.807, 2.05) is 38.1 Å². The molecule has 0 amide bonds. The van der Waals surface area contributed by atoms with E-state index in [1.165, 1.54) is 0 Å². The van der Waals surface area contributed by atoms with Crippen LogP contribution in [0.2, 0.25) is 0 Å². The molecule has 104 valence electrons. The van der Waals surface area contributed by atoms with Gasteiger partial charge in [0.2, 0.25) is 0 Å². The van der Waals surface area contributed by atoms with E-state index in [9.17, 15) is 4.79 Å². The molecule has 2 atom stereocenters. The first-order valence-corrected chi connectivity index (χ1v) is 7.13. The van der Waals surface area contributed by atoms with E-state index in [4.69, 9.17) is 10.5 Å². The number of benzene rings is 1. The molecule has 1 aliphatic carbocycles. The molecule has 0 heterocycles. The molecule has 1 aromatic carbocycles. The van der Waals surface area contributed by atoms with E-state index in [1.54, 1.807) is 0 Å². The van der Waals surface area contributed by atoms with E-state index in [0.717, 1.165) is 30.6 Å². The standard InChI is InChI=1S/C16H23NO2/c1-11(2)19-14-8-6-12(7-9-14)16(18)15-5-3-4-13(15)10-17/h6-9,11,13,15H,3-5,10,17H2,1-2H3. The van der Waals surface area contributed by atoms with Crippen molar-refractivity contribution in [1.29, 1.82) is 0 Å². The predicted molar refractivity (Wildman–Crippen MR) is 76.4 cm³/mol. The first-order chi connectivity index (χ1) is 9.11. The van der Waals surface area contributed by atoms with Gasteiger partial charge in [0.05, 0.1) is 6.10 Å². The molecule has 1 aromatic rings. The van der Waals surface area contributed by atoms with E-state index in [-0.39, 0.29) is 17.8 Å². The Morgan fingerprint density at radius 1 is 1.32 bits per heavy atom. The molecule has 0 spiro atoms. The second kappa shape index (κ2) is 6.20. The molecular formula is C16H23NO2. The normalized spacial score (nSPS) is 22.7. The van der Waals surface area contributed by atoms with Crippen molar-refractivity contribution in [2.24, 2.45) is 17.6 Å². The zero-order valence-electron chi connectivity index (χ0n) is 11.8. The van der Waals surface area contributed by atoms with Gasteiger partial charge in [0, 0.05) is 11.5 Å². The minimum absolute atomic E-state index is 0.113. The topological polar surface area (TPSA) is 52.3 Å². The number of hydrogen-bond donors (Lipinski definition) is 1. The molecule has 3 heteroatoms. The summed E-state index contributed by atoms with van der Waals surface area (Å²) in [5.74, 6) is 1.53. The number of ketones is 1. The fourth-order valence-corrected chi connectivity index (χ4v) is 2.85. The summed E-state index contributed by atoms with van der Waals surface area (Å²) < 4.78 is 5.59. The molecule has 0 aliphatic heterocycles. The molecule has 3 nitrogen and oxygen atoms in total. The van der Waals surface area contributed by atoms with Crippen LogP contribution in [0.3, 0.4) is 0 Å². The van der Waals surface area contributed by atoms with Gasteiger partial charge in [0.1, 0.15) is 5.75 Å². The molecule has 2 unspecified atom stereocenters. The maximum Gasteiger partial charge on any atom is 0.166 e. The van der Waals surface area contributed by atoms with Gasteiger partial charge in [-0.2, -0.15) is 0 Å². The lowest BCUT2D eigenvalue weighted by molar-refractivity contribution is 0.0893. The molecule has 0 aromatic heterocycles. The van der Waals surface area contributed by atoms with Crippen molar-refractivity contribution in [2.45, 2.75) is 39.2 Å². The minimum atomic E-state index is 0.113. The highest BCUT2D eigenvalue weighted by atomic mass is 16.5. The van der Waals surface area contributed by atoms with Crippen LogP contribution in [0, 0.1) is 11.8 Å². The summed E-state index contributed by atoms with van der Waals surface area (Å²) in [5.41, 5.74) is 6.53. The van der Waals surface area contributed by atoms with E-state index < -0.39 is 0 Å². The van der Waals surface area contributed by atoms with Gasteiger partial charge in [-0.1, -0.05) is 6.42 Å². The highest BCUT2D eigenvalue weighted by Gasteiger charge is 2.32. The Balaban J connectivity index is 2.07. The molecule has 19 heavy (non-hydrogen) atoms. The van der Waals surface area contributed by atoms with Crippen molar-refractivity contribution >= 4 is 5.78 Å². The van der Waals surface area contributed by atoms with Crippen LogP contribution in [0.15, 0.2) is 24.3 Å². The maximum absolute atomic E-state index is 12.5. The maximum atomic E-state index is 12.5. The fraction of sp³-hybridized carbons (Fsp3) is 0.562. The molecule has 1 fully saturated rings. The third-order valence-electron chi connectivity index (χ3n) is 3.81. The van der Waals surface area contributed by atoms with Crippen LogP contribution in [-0.4, -0.2) is 18.4 Å². The van der Waals surface area contributed by atoms with Gasteiger partial charge in [-0.05, 0) is 63.4 Å². The zero-order valence-corrected chi connectivity index (χ0v) is 11.8. The fourth-order valence-electron chi connectivity index (χ4n) is 2.85. The van der Waals surface area contributed by atoms with Crippen molar-refractivity contribution in [3.05, 3.63) is 29.8 Å². The van der Waals surface area contributed by atoms with Crippen molar-refractivity contribution in [2.75, 3.05) is 6.54 Å². The number of ether oxygens (including phenoxy) is 1. The van der Waals surface area contributed by atoms with Crippen LogP contribution >= 0.6 is 0 Å². The average Bonchev–Trinajstić information content (AvgIpc) is 2.86. The lowest BCUT2D eigenvalue weighted by Crippen LogP contribution is -2.25.